The summed E-state index contributed by atoms with van der Waals surface area (Å²) in [6.07, 6.45) is 0.869. The molecule has 0 radical (unpaired) electrons. The first-order chi connectivity index (χ1) is 16.4. The SMILES string of the molecule is CCc1sc2nc(SCC(=O)NCc3ccc(C)cc3)n(Cc3ccc(C)cc3)c(=O)c2c1C. The second-order valence-corrected chi connectivity index (χ2v) is 10.5. The fourth-order valence-corrected chi connectivity index (χ4v) is 5.78. The molecule has 0 saturated heterocycles. The van der Waals surface area contributed by atoms with E-state index in [1.165, 1.54) is 27.8 Å². The normalized spacial score (nSPS) is 11.2. The molecular formula is C27H29N3O2S2. The third-order valence-electron chi connectivity index (χ3n) is 5.84. The van der Waals surface area contributed by atoms with E-state index >= 15 is 0 Å². The Bertz CT molecular complexity index is 1370. The molecule has 2 heterocycles. The van der Waals surface area contributed by atoms with Crippen molar-refractivity contribution in [2.75, 3.05) is 5.75 Å². The first-order valence-electron chi connectivity index (χ1n) is 11.4. The van der Waals surface area contributed by atoms with Crippen LogP contribution in [0.4, 0.5) is 0 Å². The van der Waals surface area contributed by atoms with Crippen molar-refractivity contribution in [2.24, 2.45) is 0 Å². The fraction of sp³-hybridized carbons (Fsp3) is 0.296. The largest absolute Gasteiger partial charge is 0.351 e. The zero-order valence-corrected chi connectivity index (χ0v) is 21.6. The molecule has 0 saturated carbocycles. The Morgan fingerprint density at radius 1 is 1.00 bits per heavy atom. The van der Waals surface area contributed by atoms with Gasteiger partial charge >= 0.3 is 0 Å². The monoisotopic (exact) mass is 491 g/mol. The number of hydrogen-bond donors (Lipinski definition) is 1. The maximum atomic E-state index is 13.6. The number of amides is 1. The molecule has 0 atom stereocenters. The van der Waals surface area contributed by atoms with Crippen LogP contribution in [-0.2, 0) is 24.3 Å². The van der Waals surface area contributed by atoms with E-state index in [-0.39, 0.29) is 17.2 Å². The lowest BCUT2D eigenvalue weighted by atomic mass is 10.1. The Balaban J connectivity index is 1.59. The van der Waals surface area contributed by atoms with E-state index < -0.39 is 0 Å². The summed E-state index contributed by atoms with van der Waals surface area (Å²) in [5, 5.41) is 4.24. The van der Waals surface area contributed by atoms with Crippen molar-refractivity contribution in [1.82, 2.24) is 14.9 Å². The summed E-state index contributed by atoms with van der Waals surface area (Å²) >= 11 is 2.89. The quantitative estimate of drug-likeness (QED) is 0.265. The molecule has 4 aromatic rings. The van der Waals surface area contributed by atoms with Crippen LogP contribution in [0.2, 0.25) is 0 Å². The summed E-state index contributed by atoms with van der Waals surface area (Å²) in [6.45, 7) is 9.08. The highest BCUT2D eigenvalue weighted by atomic mass is 32.2. The maximum Gasteiger partial charge on any atom is 0.263 e. The molecule has 0 unspecified atom stereocenters. The van der Waals surface area contributed by atoms with Gasteiger partial charge < -0.3 is 5.32 Å². The van der Waals surface area contributed by atoms with Gasteiger partial charge in [0.1, 0.15) is 4.83 Å². The molecule has 176 valence electrons. The molecule has 34 heavy (non-hydrogen) atoms. The van der Waals surface area contributed by atoms with Crippen LogP contribution < -0.4 is 10.9 Å². The van der Waals surface area contributed by atoms with Crippen molar-refractivity contribution in [3.8, 4) is 0 Å². The number of nitrogens with one attached hydrogen (secondary N) is 1. The molecule has 0 aliphatic carbocycles. The number of rotatable bonds is 8. The first-order valence-corrected chi connectivity index (χ1v) is 13.2. The predicted molar refractivity (Wildman–Crippen MR) is 142 cm³/mol. The second kappa shape index (κ2) is 10.6. The number of benzene rings is 2. The van der Waals surface area contributed by atoms with Gasteiger partial charge in [0.15, 0.2) is 5.16 Å². The number of hydrogen-bond acceptors (Lipinski definition) is 5. The van der Waals surface area contributed by atoms with Crippen molar-refractivity contribution < 1.29 is 4.79 Å². The Morgan fingerprint density at radius 3 is 2.24 bits per heavy atom. The van der Waals surface area contributed by atoms with E-state index in [0.29, 0.717) is 23.6 Å². The van der Waals surface area contributed by atoms with Crippen molar-refractivity contribution in [1.29, 1.82) is 0 Å². The van der Waals surface area contributed by atoms with Crippen LogP contribution in [-0.4, -0.2) is 21.2 Å². The number of carbonyl (C=O) groups excluding carboxylic acids is 1. The highest BCUT2D eigenvalue weighted by Gasteiger charge is 2.18. The van der Waals surface area contributed by atoms with E-state index in [1.54, 1.807) is 15.9 Å². The third kappa shape index (κ3) is 5.42. The van der Waals surface area contributed by atoms with Crippen molar-refractivity contribution in [2.45, 2.75) is 52.4 Å². The van der Waals surface area contributed by atoms with Crippen LogP contribution in [0.1, 0.15) is 39.6 Å². The molecule has 0 aliphatic heterocycles. The summed E-state index contributed by atoms with van der Waals surface area (Å²) in [4.78, 5) is 32.9. The zero-order chi connectivity index (χ0) is 24.2. The average molecular weight is 492 g/mol. The summed E-state index contributed by atoms with van der Waals surface area (Å²) < 4.78 is 1.71. The van der Waals surface area contributed by atoms with Gasteiger partial charge in [0, 0.05) is 11.4 Å². The van der Waals surface area contributed by atoms with Gasteiger partial charge in [0.05, 0.1) is 17.7 Å². The fourth-order valence-electron chi connectivity index (χ4n) is 3.79. The number of thioether (sulfide) groups is 1. The highest BCUT2D eigenvalue weighted by Crippen LogP contribution is 2.29. The van der Waals surface area contributed by atoms with Crippen LogP contribution in [0.5, 0.6) is 0 Å². The number of aromatic nitrogens is 2. The Hall–Kier alpha value is -2.90. The minimum absolute atomic E-state index is 0.0402. The Kier molecular flexibility index (Phi) is 7.54. The van der Waals surface area contributed by atoms with E-state index in [0.717, 1.165) is 27.9 Å². The van der Waals surface area contributed by atoms with E-state index in [2.05, 4.69) is 12.2 Å². The summed E-state index contributed by atoms with van der Waals surface area (Å²) in [5.74, 6) is 0.112. The van der Waals surface area contributed by atoms with Gasteiger partial charge in [0.2, 0.25) is 5.91 Å². The van der Waals surface area contributed by atoms with Crippen LogP contribution in [0.3, 0.4) is 0 Å². The second-order valence-electron chi connectivity index (χ2n) is 8.51. The zero-order valence-electron chi connectivity index (χ0n) is 20.0. The molecule has 5 nitrogen and oxygen atoms in total. The molecule has 0 aliphatic rings. The number of thiophene rings is 1. The molecule has 2 aromatic heterocycles. The van der Waals surface area contributed by atoms with Crippen LogP contribution >= 0.6 is 23.1 Å². The minimum atomic E-state index is -0.0848. The molecule has 0 spiro atoms. The summed E-state index contributed by atoms with van der Waals surface area (Å²) in [7, 11) is 0. The van der Waals surface area contributed by atoms with Crippen LogP contribution in [0, 0.1) is 20.8 Å². The van der Waals surface area contributed by atoms with Crippen LogP contribution in [0.25, 0.3) is 10.2 Å². The van der Waals surface area contributed by atoms with E-state index in [4.69, 9.17) is 4.98 Å². The Morgan fingerprint density at radius 2 is 1.62 bits per heavy atom. The lowest BCUT2D eigenvalue weighted by Gasteiger charge is -2.13. The molecule has 0 fully saturated rings. The summed E-state index contributed by atoms with van der Waals surface area (Å²) in [5.41, 5.74) is 5.43. The summed E-state index contributed by atoms with van der Waals surface area (Å²) in [6, 6.07) is 16.3. The molecular weight excluding hydrogens is 462 g/mol. The smallest absolute Gasteiger partial charge is 0.263 e. The maximum absolute atomic E-state index is 13.6. The van der Waals surface area contributed by atoms with Gasteiger partial charge in [-0.3, -0.25) is 14.2 Å². The third-order valence-corrected chi connectivity index (χ3v) is 8.15. The van der Waals surface area contributed by atoms with Gasteiger partial charge in [-0.1, -0.05) is 78.3 Å². The van der Waals surface area contributed by atoms with E-state index in [1.807, 2.05) is 69.3 Å². The van der Waals surface area contributed by atoms with Gasteiger partial charge in [-0.2, -0.15) is 0 Å². The van der Waals surface area contributed by atoms with Crippen molar-refractivity contribution in [3.63, 3.8) is 0 Å². The van der Waals surface area contributed by atoms with Gasteiger partial charge in [0.25, 0.3) is 5.56 Å². The van der Waals surface area contributed by atoms with E-state index in [9.17, 15) is 9.59 Å². The standard InChI is InChI=1S/C27H29N3O2S2/c1-5-22-19(4)24-25(34-22)29-27(30(26(24)32)15-21-12-8-18(3)9-13-21)33-16-23(31)28-14-20-10-6-17(2)7-11-20/h6-13H,5,14-16H2,1-4H3,(H,28,31). The highest BCUT2D eigenvalue weighted by molar-refractivity contribution is 7.99. The molecule has 1 amide bonds. The first kappa shape index (κ1) is 24.2. The number of carbonyl (C=O) groups is 1. The van der Waals surface area contributed by atoms with Gasteiger partial charge in [-0.05, 0) is 43.9 Å². The van der Waals surface area contributed by atoms with Crippen molar-refractivity contribution >= 4 is 39.2 Å². The molecule has 7 heteroatoms. The number of nitrogens with zero attached hydrogens (tertiary/aromatic N) is 2. The van der Waals surface area contributed by atoms with Gasteiger partial charge in [-0.15, -0.1) is 11.3 Å². The molecule has 4 rings (SSSR count). The average Bonchev–Trinajstić information content (AvgIpc) is 3.16. The van der Waals surface area contributed by atoms with Gasteiger partial charge in [-0.25, -0.2) is 4.98 Å². The predicted octanol–water partition coefficient (Wildman–Crippen LogP) is 5.40. The van der Waals surface area contributed by atoms with Crippen LogP contribution in [0.15, 0.2) is 58.5 Å². The lowest BCUT2D eigenvalue weighted by molar-refractivity contribution is -0.118. The topological polar surface area (TPSA) is 64.0 Å². The Labute approximate surface area is 208 Å². The molecule has 2 aromatic carbocycles. The number of aryl methyl sites for hydroxylation is 4. The molecule has 1 N–H and O–H groups in total. The lowest BCUT2D eigenvalue weighted by Crippen LogP contribution is -2.27. The number of fused-ring (bicyclic) bond motifs is 1. The van der Waals surface area contributed by atoms with Crippen molar-refractivity contribution in [3.05, 3.63) is 91.6 Å². The molecule has 0 bridgehead atoms. The minimum Gasteiger partial charge on any atom is -0.351 e.